The van der Waals surface area contributed by atoms with Crippen LogP contribution in [0, 0.1) is 0 Å². The number of carbonyl (C=O) groups is 1. The molecule has 1 atom stereocenters. The molecule has 1 unspecified atom stereocenters. The Morgan fingerprint density at radius 2 is 1.58 bits per heavy atom. The summed E-state index contributed by atoms with van der Waals surface area (Å²) in [5.41, 5.74) is 1.31. The van der Waals surface area contributed by atoms with E-state index in [1.54, 1.807) is 7.11 Å². The average molecular weight is 354 g/mol. The molecule has 0 aliphatic carbocycles. The van der Waals surface area contributed by atoms with Crippen molar-refractivity contribution in [1.29, 1.82) is 0 Å². The smallest absolute Gasteiger partial charge is 0.260 e. The minimum absolute atomic E-state index is 0.0166. The van der Waals surface area contributed by atoms with Crippen molar-refractivity contribution < 1.29 is 14.3 Å². The van der Waals surface area contributed by atoms with Gasteiger partial charge in [-0.2, -0.15) is 0 Å². The molecule has 5 heteroatoms. The van der Waals surface area contributed by atoms with Crippen molar-refractivity contribution in [3.8, 4) is 11.5 Å². The molecule has 2 aromatic rings. The standard InChI is InChI=1S/C21H26N2O3/c1-17(18-8-4-3-5-9-18)22-12-14-23(15-13-22)21(24)16-26-20-11-7-6-10-19(20)25-2/h3-11,17H,12-16H2,1-2H3. The van der Waals surface area contributed by atoms with Crippen molar-refractivity contribution in [3.05, 3.63) is 60.2 Å². The summed E-state index contributed by atoms with van der Waals surface area (Å²) in [7, 11) is 1.59. The highest BCUT2D eigenvalue weighted by Crippen LogP contribution is 2.26. The Hall–Kier alpha value is -2.53. The molecule has 5 nitrogen and oxygen atoms in total. The monoisotopic (exact) mass is 354 g/mol. The van der Waals surface area contributed by atoms with E-state index in [9.17, 15) is 4.79 Å². The first-order chi connectivity index (χ1) is 12.7. The third-order valence-corrected chi connectivity index (χ3v) is 4.92. The molecule has 26 heavy (non-hydrogen) atoms. The van der Waals surface area contributed by atoms with Crippen LogP contribution in [0.2, 0.25) is 0 Å². The van der Waals surface area contributed by atoms with Gasteiger partial charge in [-0.15, -0.1) is 0 Å². The quantitative estimate of drug-likeness (QED) is 0.800. The van der Waals surface area contributed by atoms with Gasteiger partial charge in [0.1, 0.15) is 0 Å². The Morgan fingerprint density at radius 3 is 2.23 bits per heavy atom. The zero-order valence-corrected chi connectivity index (χ0v) is 15.4. The Morgan fingerprint density at radius 1 is 0.962 bits per heavy atom. The van der Waals surface area contributed by atoms with Gasteiger partial charge in [0, 0.05) is 32.2 Å². The van der Waals surface area contributed by atoms with Gasteiger partial charge in [0.2, 0.25) is 0 Å². The summed E-state index contributed by atoms with van der Waals surface area (Å²) in [6, 6.07) is 18.2. The number of hydrogen-bond acceptors (Lipinski definition) is 4. The Balaban J connectivity index is 1.49. The fraction of sp³-hybridized carbons (Fsp3) is 0.381. The Bertz CT molecular complexity index is 712. The lowest BCUT2D eigenvalue weighted by Crippen LogP contribution is -2.50. The summed E-state index contributed by atoms with van der Waals surface area (Å²) in [6.45, 7) is 5.45. The first-order valence-electron chi connectivity index (χ1n) is 9.01. The number of piperazine rings is 1. The molecule has 0 radical (unpaired) electrons. The molecule has 0 N–H and O–H groups in total. The summed E-state index contributed by atoms with van der Waals surface area (Å²) >= 11 is 0. The summed E-state index contributed by atoms with van der Waals surface area (Å²) in [5.74, 6) is 1.25. The van der Waals surface area contributed by atoms with Crippen LogP contribution in [0.4, 0.5) is 0 Å². The molecule has 1 heterocycles. The van der Waals surface area contributed by atoms with Crippen LogP contribution in [0.25, 0.3) is 0 Å². The number of benzene rings is 2. The van der Waals surface area contributed by atoms with Gasteiger partial charge in [0.05, 0.1) is 7.11 Å². The Kier molecular flexibility index (Phi) is 6.12. The molecule has 1 amide bonds. The van der Waals surface area contributed by atoms with E-state index in [0.29, 0.717) is 17.5 Å². The van der Waals surface area contributed by atoms with Crippen molar-refractivity contribution in [1.82, 2.24) is 9.80 Å². The zero-order chi connectivity index (χ0) is 18.4. The molecule has 1 aliphatic rings. The maximum Gasteiger partial charge on any atom is 0.260 e. The van der Waals surface area contributed by atoms with Gasteiger partial charge in [0.15, 0.2) is 18.1 Å². The second-order valence-corrected chi connectivity index (χ2v) is 6.44. The minimum Gasteiger partial charge on any atom is -0.493 e. The van der Waals surface area contributed by atoms with Crippen LogP contribution in [0.15, 0.2) is 54.6 Å². The van der Waals surface area contributed by atoms with Crippen LogP contribution in [0.5, 0.6) is 11.5 Å². The molecule has 0 spiro atoms. The zero-order valence-electron chi connectivity index (χ0n) is 15.4. The first kappa shape index (κ1) is 18.3. The SMILES string of the molecule is COc1ccccc1OCC(=O)N1CCN(C(C)c2ccccc2)CC1. The molecular weight excluding hydrogens is 328 g/mol. The van der Waals surface area contributed by atoms with Crippen molar-refractivity contribution >= 4 is 5.91 Å². The molecule has 1 aliphatic heterocycles. The van der Waals surface area contributed by atoms with Gasteiger partial charge in [-0.1, -0.05) is 42.5 Å². The number of carbonyl (C=O) groups excluding carboxylic acids is 1. The van der Waals surface area contributed by atoms with Gasteiger partial charge in [-0.05, 0) is 24.6 Å². The summed E-state index contributed by atoms with van der Waals surface area (Å²) in [4.78, 5) is 16.8. The summed E-state index contributed by atoms with van der Waals surface area (Å²) in [5, 5.41) is 0. The molecule has 3 rings (SSSR count). The van der Waals surface area contributed by atoms with E-state index >= 15 is 0 Å². The molecule has 138 valence electrons. The molecule has 0 bridgehead atoms. The summed E-state index contributed by atoms with van der Waals surface area (Å²) < 4.78 is 10.9. The molecule has 2 aromatic carbocycles. The number of ether oxygens (including phenoxy) is 2. The van der Waals surface area contributed by atoms with Crippen LogP contribution in [0.1, 0.15) is 18.5 Å². The van der Waals surface area contributed by atoms with E-state index in [4.69, 9.17) is 9.47 Å². The van der Waals surface area contributed by atoms with Crippen molar-refractivity contribution in [3.63, 3.8) is 0 Å². The van der Waals surface area contributed by atoms with Crippen molar-refractivity contribution in [2.24, 2.45) is 0 Å². The average Bonchev–Trinajstić information content (AvgIpc) is 2.72. The second kappa shape index (κ2) is 8.72. The molecule has 1 fully saturated rings. The van der Waals surface area contributed by atoms with E-state index in [0.717, 1.165) is 26.2 Å². The third kappa shape index (κ3) is 4.35. The predicted molar refractivity (Wildman–Crippen MR) is 101 cm³/mol. The minimum atomic E-state index is 0.0166. The number of para-hydroxylation sites is 2. The lowest BCUT2D eigenvalue weighted by molar-refractivity contribution is -0.135. The van der Waals surface area contributed by atoms with E-state index in [2.05, 4.69) is 36.1 Å². The van der Waals surface area contributed by atoms with E-state index in [1.165, 1.54) is 5.56 Å². The first-order valence-corrected chi connectivity index (χ1v) is 9.01. The van der Waals surface area contributed by atoms with Gasteiger partial charge < -0.3 is 14.4 Å². The number of nitrogens with zero attached hydrogens (tertiary/aromatic N) is 2. The van der Waals surface area contributed by atoms with E-state index in [-0.39, 0.29) is 12.5 Å². The fourth-order valence-electron chi connectivity index (χ4n) is 3.27. The van der Waals surface area contributed by atoms with Gasteiger partial charge in [-0.25, -0.2) is 0 Å². The third-order valence-electron chi connectivity index (χ3n) is 4.92. The van der Waals surface area contributed by atoms with Gasteiger partial charge in [0.25, 0.3) is 5.91 Å². The van der Waals surface area contributed by atoms with Crippen LogP contribution in [-0.4, -0.2) is 55.6 Å². The van der Waals surface area contributed by atoms with E-state index < -0.39 is 0 Å². The summed E-state index contributed by atoms with van der Waals surface area (Å²) in [6.07, 6.45) is 0. The molecule has 0 aromatic heterocycles. The fourth-order valence-corrected chi connectivity index (χ4v) is 3.27. The van der Waals surface area contributed by atoms with Crippen LogP contribution in [-0.2, 0) is 4.79 Å². The van der Waals surface area contributed by atoms with Crippen molar-refractivity contribution in [2.75, 3.05) is 39.9 Å². The Labute approximate surface area is 155 Å². The molecular formula is C21H26N2O3. The van der Waals surface area contributed by atoms with Crippen LogP contribution in [0.3, 0.4) is 0 Å². The highest BCUT2D eigenvalue weighted by atomic mass is 16.5. The maximum absolute atomic E-state index is 12.5. The number of rotatable bonds is 6. The maximum atomic E-state index is 12.5. The lowest BCUT2D eigenvalue weighted by atomic mass is 10.1. The van der Waals surface area contributed by atoms with Crippen molar-refractivity contribution in [2.45, 2.75) is 13.0 Å². The highest BCUT2D eigenvalue weighted by molar-refractivity contribution is 5.78. The molecule has 0 saturated carbocycles. The number of methoxy groups -OCH3 is 1. The largest absolute Gasteiger partial charge is 0.493 e. The molecule has 1 saturated heterocycles. The van der Waals surface area contributed by atoms with Crippen LogP contribution < -0.4 is 9.47 Å². The predicted octanol–water partition coefficient (Wildman–Crippen LogP) is 2.98. The topological polar surface area (TPSA) is 42.0 Å². The van der Waals surface area contributed by atoms with Gasteiger partial charge in [-0.3, -0.25) is 9.69 Å². The number of amides is 1. The van der Waals surface area contributed by atoms with E-state index in [1.807, 2.05) is 35.2 Å². The van der Waals surface area contributed by atoms with Crippen LogP contribution >= 0.6 is 0 Å². The normalized spacial score (nSPS) is 16.2. The lowest BCUT2D eigenvalue weighted by Gasteiger charge is -2.38. The second-order valence-electron chi connectivity index (χ2n) is 6.44. The highest BCUT2D eigenvalue weighted by Gasteiger charge is 2.25. The number of hydrogen-bond donors (Lipinski definition) is 0. The van der Waals surface area contributed by atoms with Gasteiger partial charge >= 0.3 is 0 Å².